The molecule has 12 heteroatoms. The SMILES string of the molecule is O=C(Cn1nc(OC2CCC(F)(F)C2)c2cc(C3(F)CC3)ccc2c1=O)Nc1ncc(F)cn1. The molecule has 2 aliphatic carbocycles. The zero-order valence-corrected chi connectivity index (χ0v) is 17.7. The number of benzene rings is 1. The predicted octanol–water partition coefficient (Wildman–Crippen LogP) is 3.49. The Labute approximate surface area is 190 Å². The molecule has 1 unspecified atom stereocenters. The van der Waals surface area contributed by atoms with Crippen LogP contribution in [0.2, 0.25) is 0 Å². The molecule has 5 rings (SSSR count). The fraction of sp³-hybridized carbons (Fsp3) is 0.409. The summed E-state index contributed by atoms with van der Waals surface area (Å²) >= 11 is 0. The Hall–Kier alpha value is -3.57. The van der Waals surface area contributed by atoms with Crippen molar-refractivity contribution in [2.45, 2.75) is 56.3 Å². The predicted molar refractivity (Wildman–Crippen MR) is 112 cm³/mol. The molecular formula is C22H19F4N5O3. The number of halogens is 4. The molecule has 0 radical (unpaired) electrons. The van der Waals surface area contributed by atoms with Gasteiger partial charge in [0.25, 0.3) is 11.5 Å². The molecule has 2 aliphatic rings. The van der Waals surface area contributed by atoms with Crippen LogP contribution in [0.4, 0.5) is 23.5 Å². The van der Waals surface area contributed by atoms with Crippen LogP contribution in [0.15, 0.2) is 35.4 Å². The maximum atomic E-state index is 14.7. The van der Waals surface area contributed by atoms with Crippen molar-refractivity contribution >= 4 is 22.6 Å². The maximum absolute atomic E-state index is 14.7. The fourth-order valence-electron chi connectivity index (χ4n) is 3.97. The lowest BCUT2D eigenvalue weighted by molar-refractivity contribution is -0.117. The Morgan fingerprint density at radius 1 is 1.15 bits per heavy atom. The lowest BCUT2D eigenvalue weighted by Gasteiger charge is -2.17. The van der Waals surface area contributed by atoms with Crippen LogP contribution in [0.1, 0.15) is 37.7 Å². The van der Waals surface area contributed by atoms with Crippen molar-refractivity contribution in [2.24, 2.45) is 0 Å². The molecule has 1 atom stereocenters. The second-order valence-electron chi connectivity index (χ2n) is 8.61. The summed E-state index contributed by atoms with van der Waals surface area (Å²) in [6.45, 7) is -0.568. The highest BCUT2D eigenvalue weighted by molar-refractivity contribution is 5.90. The lowest BCUT2D eigenvalue weighted by atomic mass is 10.0. The van der Waals surface area contributed by atoms with Crippen LogP contribution in [0.3, 0.4) is 0 Å². The first kappa shape index (κ1) is 22.2. The van der Waals surface area contributed by atoms with Crippen LogP contribution < -0.4 is 15.6 Å². The quantitative estimate of drug-likeness (QED) is 0.546. The van der Waals surface area contributed by atoms with Gasteiger partial charge in [0.1, 0.15) is 18.3 Å². The molecule has 1 aromatic carbocycles. The van der Waals surface area contributed by atoms with Crippen molar-refractivity contribution in [3.8, 4) is 5.88 Å². The fourth-order valence-corrected chi connectivity index (χ4v) is 3.97. The van der Waals surface area contributed by atoms with Crippen LogP contribution in [0.5, 0.6) is 5.88 Å². The molecule has 34 heavy (non-hydrogen) atoms. The molecule has 1 N–H and O–H groups in total. The number of carbonyl (C=O) groups is 1. The molecule has 0 aliphatic heterocycles. The zero-order chi connectivity index (χ0) is 24.1. The van der Waals surface area contributed by atoms with E-state index in [0.29, 0.717) is 18.4 Å². The summed E-state index contributed by atoms with van der Waals surface area (Å²) in [6, 6.07) is 4.36. The minimum absolute atomic E-state index is 0.0877. The van der Waals surface area contributed by atoms with E-state index in [9.17, 15) is 27.2 Å². The molecule has 2 saturated carbocycles. The first-order valence-electron chi connectivity index (χ1n) is 10.7. The van der Waals surface area contributed by atoms with Gasteiger partial charge in [-0.25, -0.2) is 32.2 Å². The molecule has 2 aromatic heterocycles. The Kier molecular flexibility index (Phi) is 5.25. The van der Waals surface area contributed by atoms with E-state index in [2.05, 4.69) is 20.4 Å². The molecular weight excluding hydrogens is 458 g/mol. The van der Waals surface area contributed by atoms with Crippen LogP contribution in [-0.4, -0.2) is 37.7 Å². The monoisotopic (exact) mass is 477 g/mol. The third kappa shape index (κ3) is 4.44. The van der Waals surface area contributed by atoms with Crippen molar-refractivity contribution in [1.29, 1.82) is 0 Å². The van der Waals surface area contributed by atoms with Gasteiger partial charge in [0.15, 0.2) is 5.82 Å². The number of fused-ring (bicyclic) bond motifs is 1. The molecule has 2 heterocycles. The topological polar surface area (TPSA) is 99.0 Å². The molecule has 0 spiro atoms. The molecule has 1 amide bonds. The number of ether oxygens (including phenoxy) is 1. The molecule has 8 nitrogen and oxygen atoms in total. The second-order valence-corrected chi connectivity index (χ2v) is 8.61. The van der Waals surface area contributed by atoms with Gasteiger partial charge in [-0.3, -0.25) is 14.9 Å². The number of anilines is 1. The van der Waals surface area contributed by atoms with E-state index >= 15 is 0 Å². The van der Waals surface area contributed by atoms with Crippen molar-refractivity contribution in [1.82, 2.24) is 19.7 Å². The summed E-state index contributed by atoms with van der Waals surface area (Å²) in [5, 5.41) is 6.72. The van der Waals surface area contributed by atoms with E-state index in [4.69, 9.17) is 4.74 Å². The van der Waals surface area contributed by atoms with Crippen molar-refractivity contribution in [3.63, 3.8) is 0 Å². The van der Waals surface area contributed by atoms with E-state index in [0.717, 1.165) is 17.1 Å². The molecule has 3 aromatic rings. The molecule has 0 saturated heterocycles. The Balaban J connectivity index is 1.49. The van der Waals surface area contributed by atoms with Gasteiger partial charge in [-0.2, -0.15) is 0 Å². The van der Waals surface area contributed by atoms with Crippen LogP contribution in [0.25, 0.3) is 10.8 Å². The highest BCUT2D eigenvalue weighted by Gasteiger charge is 2.45. The minimum atomic E-state index is -2.87. The van der Waals surface area contributed by atoms with Crippen LogP contribution >= 0.6 is 0 Å². The minimum Gasteiger partial charge on any atom is -0.473 e. The maximum Gasteiger partial charge on any atom is 0.275 e. The van der Waals surface area contributed by atoms with E-state index < -0.39 is 47.9 Å². The molecule has 178 valence electrons. The summed E-state index contributed by atoms with van der Waals surface area (Å²) in [6.07, 6.45) is 0.813. The number of alkyl halides is 3. The number of amides is 1. The van der Waals surface area contributed by atoms with E-state index in [1.54, 1.807) is 0 Å². The standard InChI is InChI=1S/C22H19F4N5O3/c23-13-9-27-20(28-10-13)29-17(32)11-31-19(33)15-2-1-12(21(24)5-6-21)7-16(15)18(30-31)34-14-3-4-22(25,26)8-14/h1-2,7,9-10,14H,3-6,8,11H2,(H,27,28,29,32). The normalized spacial score (nSPS) is 20.3. The number of hydrogen-bond donors (Lipinski definition) is 1. The number of aromatic nitrogens is 4. The Morgan fingerprint density at radius 3 is 2.53 bits per heavy atom. The zero-order valence-electron chi connectivity index (χ0n) is 17.7. The third-order valence-corrected chi connectivity index (χ3v) is 5.93. The van der Waals surface area contributed by atoms with Crippen LogP contribution in [0, 0.1) is 5.82 Å². The largest absolute Gasteiger partial charge is 0.473 e. The summed E-state index contributed by atoms with van der Waals surface area (Å²) in [4.78, 5) is 32.6. The van der Waals surface area contributed by atoms with Crippen LogP contribution in [-0.2, 0) is 17.0 Å². The highest BCUT2D eigenvalue weighted by Crippen LogP contribution is 2.50. The average Bonchev–Trinajstić information content (AvgIpc) is 3.45. The van der Waals surface area contributed by atoms with Gasteiger partial charge < -0.3 is 4.74 Å². The second kappa shape index (κ2) is 8.03. The molecule has 2 fully saturated rings. The first-order chi connectivity index (χ1) is 16.1. The van der Waals surface area contributed by atoms with E-state index in [1.807, 2.05) is 0 Å². The smallest absolute Gasteiger partial charge is 0.275 e. The highest BCUT2D eigenvalue weighted by atomic mass is 19.3. The number of hydrogen-bond acceptors (Lipinski definition) is 6. The van der Waals surface area contributed by atoms with Gasteiger partial charge in [-0.1, -0.05) is 6.07 Å². The van der Waals surface area contributed by atoms with E-state index in [1.165, 1.54) is 18.2 Å². The van der Waals surface area contributed by atoms with Crippen molar-refractivity contribution in [2.75, 3.05) is 5.32 Å². The number of rotatable bonds is 6. The van der Waals surface area contributed by atoms with Gasteiger partial charge in [0, 0.05) is 12.8 Å². The first-order valence-corrected chi connectivity index (χ1v) is 10.7. The lowest BCUT2D eigenvalue weighted by Crippen LogP contribution is -2.31. The van der Waals surface area contributed by atoms with Gasteiger partial charge in [0.05, 0.1) is 23.2 Å². The Morgan fingerprint density at radius 2 is 1.88 bits per heavy atom. The summed E-state index contributed by atoms with van der Waals surface area (Å²) < 4.78 is 61.6. The Bertz CT molecular complexity index is 1320. The van der Waals surface area contributed by atoms with Crippen molar-refractivity contribution < 1.29 is 27.1 Å². The number of nitrogens with zero attached hydrogens (tertiary/aromatic N) is 4. The van der Waals surface area contributed by atoms with Gasteiger partial charge in [-0.05, 0) is 37.0 Å². The summed E-state index contributed by atoms with van der Waals surface area (Å²) in [5.41, 5.74) is -1.79. The molecule has 0 bridgehead atoms. The van der Waals surface area contributed by atoms with Crippen molar-refractivity contribution in [3.05, 3.63) is 52.3 Å². The van der Waals surface area contributed by atoms with Gasteiger partial charge >= 0.3 is 0 Å². The van der Waals surface area contributed by atoms with Gasteiger partial charge in [-0.15, -0.1) is 5.10 Å². The number of carbonyl (C=O) groups excluding carboxylic acids is 1. The summed E-state index contributed by atoms with van der Waals surface area (Å²) in [7, 11) is 0. The average molecular weight is 477 g/mol. The van der Waals surface area contributed by atoms with E-state index in [-0.39, 0.29) is 35.4 Å². The summed E-state index contributed by atoms with van der Waals surface area (Å²) in [5.74, 6) is -4.59. The number of nitrogens with one attached hydrogen (secondary N) is 1. The third-order valence-electron chi connectivity index (χ3n) is 5.93. The van der Waals surface area contributed by atoms with Gasteiger partial charge in [0.2, 0.25) is 17.7 Å².